The molecular weight excluding hydrogens is 258 g/mol. The van der Waals surface area contributed by atoms with E-state index in [0.29, 0.717) is 12.2 Å². The SMILES string of the molecule is COC1=CC(O)(O)CC(Cc2ccccc2)(C(N)=O)C1. The lowest BCUT2D eigenvalue weighted by Gasteiger charge is -2.39. The van der Waals surface area contributed by atoms with Gasteiger partial charge in [0.1, 0.15) is 0 Å². The maximum absolute atomic E-state index is 11.9. The first-order chi connectivity index (χ1) is 9.37. The second-order valence-electron chi connectivity index (χ2n) is 5.35. The average molecular weight is 277 g/mol. The summed E-state index contributed by atoms with van der Waals surface area (Å²) in [4.78, 5) is 11.9. The van der Waals surface area contributed by atoms with E-state index >= 15 is 0 Å². The van der Waals surface area contributed by atoms with E-state index in [1.807, 2.05) is 30.3 Å². The molecular formula is C15H19NO4. The molecule has 2 rings (SSSR count). The molecule has 20 heavy (non-hydrogen) atoms. The summed E-state index contributed by atoms with van der Waals surface area (Å²) in [6.45, 7) is 0. The Morgan fingerprint density at radius 2 is 2.00 bits per heavy atom. The second-order valence-corrected chi connectivity index (χ2v) is 5.35. The van der Waals surface area contributed by atoms with Crippen LogP contribution in [-0.4, -0.2) is 29.0 Å². The van der Waals surface area contributed by atoms with E-state index in [9.17, 15) is 15.0 Å². The predicted octanol–water partition coefficient (Wildman–Crippen LogP) is 0.706. The number of methoxy groups -OCH3 is 1. The van der Waals surface area contributed by atoms with E-state index in [-0.39, 0.29) is 12.8 Å². The third-order valence-electron chi connectivity index (χ3n) is 3.67. The lowest BCUT2D eigenvalue weighted by molar-refractivity contribution is -0.166. The molecule has 0 saturated carbocycles. The van der Waals surface area contributed by atoms with Crippen molar-refractivity contribution >= 4 is 5.91 Å². The molecule has 0 spiro atoms. The van der Waals surface area contributed by atoms with Crippen LogP contribution in [0.2, 0.25) is 0 Å². The van der Waals surface area contributed by atoms with Crippen LogP contribution >= 0.6 is 0 Å². The molecule has 5 nitrogen and oxygen atoms in total. The highest BCUT2D eigenvalue weighted by molar-refractivity contribution is 5.82. The molecule has 0 aromatic heterocycles. The van der Waals surface area contributed by atoms with Crippen LogP contribution in [0.1, 0.15) is 18.4 Å². The number of ether oxygens (including phenoxy) is 1. The largest absolute Gasteiger partial charge is 0.501 e. The Kier molecular flexibility index (Phi) is 3.83. The molecule has 1 aliphatic rings. The summed E-state index contributed by atoms with van der Waals surface area (Å²) < 4.78 is 5.10. The van der Waals surface area contributed by atoms with Gasteiger partial charge < -0.3 is 20.7 Å². The van der Waals surface area contributed by atoms with E-state index in [2.05, 4.69) is 0 Å². The minimum atomic E-state index is -2.09. The lowest BCUT2D eigenvalue weighted by atomic mass is 9.69. The number of aliphatic hydroxyl groups is 2. The number of rotatable bonds is 4. The number of benzene rings is 1. The highest BCUT2D eigenvalue weighted by Gasteiger charge is 2.47. The van der Waals surface area contributed by atoms with Crippen LogP contribution in [0, 0.1) is 5.41 Å². The van der Waals surface area contributed by atoms with Gasteiger partial charge in [-0.05, 0) is 12.0 Å². The van der Waals surface area contributed by atoms with Crippen LogP contribution in [0.15, 0.2) is 42.2 Å². The Hall–Kier alpha value is -1.85. The van der Waals surface area contributed by atoms with E-state index < -0.39 is 17.1 Å². The van der Waals surface area contributed by atoms with Gasteiger partial charge in [-0.2, -0.15) is 0 Å². The number of allylic oxidation sites excluding steroid dienone is 1. The monoisotopic (exact) mass is 277 g/mol. The number of hydrogen-bond acceptors (Lipinski definition) is 4. The first-order valence-corrected chi connectivity index (χ1v) is 6.41. The quantitative estimate of drug-likeness (QED) is 0.706. The van der Waals surface area contributed by atoms with Gasteiger partial charge in [0.25, 0.3) is 0 Å². The van der Waals surface area contributed by atoms with Gasteiger partial charge in [-0.3, -0.25) is 4.79 Å². The van der Waals surface area contributed by atoms with Gasteiger partial charge in [-0.15, -0.1) is 0 Å². The van der Waals surface area contributed by atoms with Crippen molar-refractivity contribution in [3.05, 3.63) is 47.7 Å². The highest BCUT2D eigenvalue weighted by atomic mass is 16.5. The molecule has 0 fully saturated rings. The summed E-state index contributed by atoms with van der Waals surface area (Å²) in [6.07, 6.45) is 1.68. The van der Waals surface area contributed by atoms with Gasteiger partial charge in [-0.25, -0.2) is 0 Å². The summed E-state index contributed by atoms with van der Waals surface area (Å²) in [6, 6.07) is 9.37. The van der Waals surface area contributed by atoms with Crippen molar-refractivity contribution in [2.75, 3.05) is 7.11 Å². The Morgan fingerprint density at radius 3 is 2.55 bits per heavy atom. The molecule has 5 heteroatoms. The molecule has 0 radical (unpaired) electrons. The summed E-state index contributed by atoms with van der Waals surface area (Å²) in [5.41, 5.74) is 5.40. The first kappa shape index (κ1) is 14.6. The van der Waals surface area contributed by atoms with Crippen molar-refractivity contribution < 1.29 is 19.7 Å². The predicted molar refractivity (Wildman–Crippen MR) is 73.3 cm³/mol. The number of carbonyl (C=O) groups is 1. The fourth-order valence-corrected chi connectivity index (χ4v) is 2.76. The second kappa shape index (κ2) is 5.26. The van der Waals surface area contributed by atoms with Crippen LogP contribution in [0.25, 0.3) is 0 Å². The zero-order valence-electron chi connectivity index (χ0n) is 11.4. The van der Waals surface area contributed by atoms with Crippen molar-refractivity contribution in [3.8, 4) is 0 Å². The molecule has 0 heterocycles. The maximum Gasteiger partial charge on any atom is 0.224 e. The summed E-state index contributed by atoms with van der Waals surface area (Å²) in [5, 5.41) is 19.9. The first-order valence-electron chi connectivity index (χ1n) is 6.41. The van der Waals surface area contributed by atoms with Gasteiger partial charge >= 0.3 is 0 Å². The normalized spacial score (nSPS) is 24.9. The number of amides is 1. The fraction of sp³-hybridized carbons (Fsp3) is 0.400. The average Bonchev–Trinajstić information content (AvgIpc) is 2.37. The lowest BCUT2D eigenvalue weighted by Crippen LogP contribution is -2.48. The molecule has 1 aliphatic carbocycles. The van der Waals surface area contributed by atoms with Gasteiger partial charge in [0.2, 0.25) is 5.91 Å². The molecule has 1 aromatic carbocycles. The van der Waals surface area contributed by atoms with Crippen molar-refractivity contribution in [1.82, 2.24) is 0 Å². The molecule has 0 aliphatic heterocycles. The van der Waals surface area contributed by atoms with Crippen LogP contribution in [0.5, 0.6) is 0 Å². The molecule has 1 atom stereocenters. The van der Waals surface area contributed by atoms with Crippen LogP contribution < -0.4 is 5.73 Å². The van der Waals surface area contributed by atoms with Crippen molar-refractivity contribution in [3.63, 3.8) is 0 Å². The van der Waals surface area contributed by atoms with Crippen LogP contribution in [-0.2, 0) is 16.0 Å². The van der Waals surface area contributed by atoms with Crippen LogP contribution in [0.3, 0.4) is 0 Å². The number of primary amides is 1. The van der Waals surface area contributed by atoms with Crippen molar-refractivity contribution in [1.29, 1.82) is 0 Å². The number of carbonyl (C=O) groups excluding carboxylic acids is 1. The highest BCUT2D eigenvalue weighted by Crippen LogP contribution is 2.42. The minimum absolute atomic E-state index is 0.142. The van der Waals surface area contributed by atoms with Crippen molar-refractivity contribution in [2.45, 2.75) is 25.0 Å². The molecule has 0 bridgehead atoms. The Balaban J connectivity index is 2.36. The summed E-state index contributed by atoms with van der Waals surface area (Å²) in [7, 11) is 1.43. The zero-order valence-corrected chi connectivity index (χ0v) is 11.4. The fourth-order valence-electron chi connectivity index (χ4n) is 2.76. The summed E-state index contributed by atoms with van der Waals surface area (Å²) >= 11 is 0. The Labute approximate surface area is 117 Å². The van der Waals surface area contributed by atoms with Gasteiger partial charge in [0, 0.05) is 18.9 Å². The topological polar surface area (TPSA) is 92.8 Å². The van der Waals surface area contributed by atoms with Crippen molar-refractivity contribution in [2.24, 2.45) is 11.1 Å². The number of hydrogen-bond donors (Lipinski definition) is 3. The van der Waals surface area contributed by atoms with Crippen LogP contribution in [0.4, 0.5) is 0 Å². The van der Waals surface area contributed by atoms with E-state index in [1.54, 1.807) is 0 Å². The standard InChI is InChI=1S/C15H19NO4/c1-20-12-8-14(13(16)17,10-15(18,19)9-12)7-11-5-3-2-4-6-11/h2-6,9,18-19H,7-8,10H2,1H3,(H2,16,17). The molecule has 1 aromatic rings. The molecule has 0 saturated heterocycles. The summed E-state index contributed by atoms with van der Waals surface area (Å²) in [5.74, 6) is -2.29. The third-order valence-corrected chi connectivity index (χ3v) is 3.67. The van der Waals surface area contributed by atoms with Gasteiger partial charge in [0.15, 0.2) is 5.79 Å². The molecule has 4 N–H and O–H groups in total. The van der Waals surface area contributed by atoms with E-state index in [4.69, 9.17) is 10.5 Å². The minimum Gasteiger partial charge on any atom is -0.501 e. The van der Waals surface area contributed by atoms with E-state index in [1.165, 1.54) is 13.2 Å². The maximum atomic E-state index is 11.9. The van der Waals surface area contributed by atoms with Gasteiger partial charge in [0.05, 0.1) is 18.3 Å². The number of nitrogens with two attached hydrogens (primary N) is 1. The third kappa shape index (κ3) is 3.00. The molecule has 1 unspecified atom stereocenters. The van der Waals surface area contributed by atoms with E-state index in [0.717, 1.165) is 5.56 Å². The molecule has 1 amide bonds. The molecule has 108 valence electrons. The Morgan fingerprint density at radius 1 is 1.35 bits per heavy atom. The Bertz CT molecular complexity index is 524. The zero-order chi connectivity index (χ0) is 14.8. The van der Waals surface area contributed by atoms with Gasteiger partial charge in [-0.1, -0.05) is 30.3 Å². The smallest absolute Gasteiger partial charge is 0.224 e.